The largest absolute Gasteiger partial charge is 0.309 e. The molecule has 96 valence electrons. The number of hydrogen-bond donors (Lipinski definition) is 1. The highest BCUT2D eigenvalue weighted by Gasteiger charge is 2.14. The average molecular weight is 234 g/mol. The maximum Gasteiger partial charge on any atom is 0.0602 e. The minimum Gasteiger partial charge on any atom is -0.309 e. The summed E-state index contributed by atoms with van der Waals surface area (Å²) in [7, 11) is 0. The lowest BCUT2D eigenvalue weighted by Crippen LogP contribution is -2.24. The second kappa shape index (κ2) is 7.44. The van der Waals surface area contributed by atoms with Crippen LogP contribution in [0.2, 0.25) is 0 Å². The van der Waals surface area contributed by atoms with E-state index in [1.165, 1.54) is 30.5 Å². The smallest absolute Gasteiger partial charge is 0.0602 e. The van der Waals surface area contributed by atoms with Gasteiger partial charge in [0.1, 0.15) is 0 Å². The van der Waals surface area contributed by atoms with Crippen molar-refractivity contribution >= 4 is 0 Å². The average Bonchev–Trinajstić information content (AvgIpc) is 2.30. The van der Waals surface area contributed by atoms with E-state index in [9.17, 15) is 0 Å². The third-order valence-corrected chi connectivity index (χ3v) is 3.05. The zero-order chi connectivity index (χ0) is 12.7. The van der Waals surface area contributed by atoms with E-state index >= 15 is 0 Å². The minimum atomic E-state index is 0.415. The lowest BCUT2D eigenvalue weighted by Gasteiger charge is -2.20. The first kappa shape index (κ1) is 14.2. The number of pyridine rings is 1. The maximum absolute atomic E-state index is 4.55. The standard InChI is InChI=1S/C15H26N2/c1-5-10-16-14(9-8-12(2)3)15-13(4)7-6-11-17-15/h6-7,11-12,14,16H,5,8-10H2,1-4H3. The Morgan fingerprint density at radius 1 is 1.29 bits per heavy atom. The van der Waals surface area contributed by atoms with Crippen molar-refractivity contribution in [1.82, 2.24) is 10.3 Å². The van der Waals surface area contributed by atoms with E-state index in [2.05, 4.69) is 44.1 Å². The molecule has 1 aromatic heterocycles. The second-order valence-corrected chi connectivity index (χ2v) is 5.18. The van der Waals surface area contributed by atoms with Crippen molar-refractivity contribution < 1.29 is 0 Å². The van der Waals surface area contributed by atoms with Crippen molar-refractivity contribution in [2.24, 2.45) is 5.92 Å². The Balaban J connectivity index is 2.71. The highest BCUT2D eigenvalue weighted by Crippen LogP contribution is 2.21. The number of nitrogens with one attached hydrogen (secondary N) is 1. The van der Waals surface area contributed by atoms with E-state index in [0.717, 1.165) is 12.5 Å². The normalized spacial score (nSPS) is 13.0. The first-order chi connectivity index (χ1) is 8.15. The summed E-state index contributed by atoms with van der Waals surface area (Å²) < 4.78 is 0. The Bertz CT molecular complexity index is 320. The number of hydrogen-bond acceptors (Lipinski definition) is 2. The maximum atomic E-state index is 4.55. The predicted molar refractivity (Wildman–Crippen MR) is 74.1 cm³/mol. The molecule has 0 bridgehead atoms. The van der Waals surface area contributed by atoms with Crippen LogP contribution in [0.1, 0.15) is 57.3 Å². The van der Waals surface area contributed by atoms with Gasteiger partial charge < -0.3 is 5.32 Å². The van der Waals surface area contributed by atoms with Crippen molar-refractivity contribution in [2.45, 2.75) is 53.0 Å². The molecule has 1 aromatic rings. The van der Waals surface area contributed by atoms with Crippen LogP contribution < -0.4 is 5.32 Å². The molecule has 2 nitrogen and oxygen atoms in total. The van der Waals surface area contributed by atoms with Gasteiger partial charge in [0.15, 0.2) is 0 Å². The van der Waals surface area contributed by atoms with Crippen molar-refractivity contribution in [1.29, 1.82) is 0 Å². The topological polar surface area (TPSA) is 24.9 Å². The molecule has 0 aliphatic rings. The Hall–Kier alpha value is -0.890. The number of nitrogens with zero attached hydrogens (tertiary/aromatic N) is 1. The SMILES string of the molecule is CCCNC(CCC(C)C)c1ncccc1C. The van der Waals surface area contributed by atoms with Crippen molar-refractivity contribution in [3.05, 3.63) is 29.6 Å². The summed E-state index contributed by atoms with van der Waals surface area (Å²) in [6.45, 7) is 9.99. The molecule has 1 unspecified atom stereocenters. The van der Waals surface area contributed by atoms with E-state index in [-0.39, 0.29) is 0 Å². The zero-order valence-corrected chi connectivity index (χ0v) is 11.7. The van der Waals surface area contributed by atoms with Gasteiger partial charge in [-0.1, -0.05) is 26.8 Å². The Kier molecular flexibility index (Phi) is 6.20. The summed E-state index contributed by atoms with van der Waals surface area (Å²) >= 11 is 0. The molecule has 1 rings (SSSR count). The van der Waals surface area contributed by atoms with Crippen LogP contribution in [-0.4, -0.2) is 11.5 Å². The quantitative estimate of drug-likeness (QED) is 0.774. The monoisotopic (exact) mass is 234 g/mol. The fourth-order valence-corrected chi connectivity index (χ4v) is 2.02. The molecule has 1 heterocycles. The molecular weight excluding hydrogens is 208 g/mol. The number of aromatic nitrogens is 1. The lowest BCUT2D eigenvalue weighted by molar-refractivity contribution is 0.432. The summed E-state index contributed by atoms with van der Waals surface area (Å²) in [5, 5.41) is 3.62. The molecule has 0 aliphatic carbocycles. The van der Waals surface area contributed by atoms with Crippen LogP contribution in [0, 0.1) is 12.8 Å². The Morgan fingerprint density at radius 2 is 2.06 bits per heavy atom. The molecular formula is C15H26N2. The van der Waals surface area contributed by atoms with Crippen molar-refractivity contribution in [3.63, 3.8) is 0 Å². The van der Waals surface area contributed by atoms with E-state index in [0.29, 0.717) is 6.04 Å². The van der Waals surface area contributed by atoms with Crippen LogP contribution in [0.4, 0.5) is 0 Å². The van der Waals surface area contributed by atoms with Gasteiger partial charge in [-0.25, -0.2) is 0 Å². The van der Waals surface area contributed by atoms with Gasteiger partial charge in [-0.2, -0.15) is 0 Å². The van der Waals surface area contributed by atoms with E-state index in [1.807, 2.05) is 12.3 Å². The third-order valence-electron chi connectivity index (χ3n) is 3.05. The Morgan fingerprint density at radius 3 is 2.65 bits per heavy atom. The van der Waals surface area contributed by atoms with Gasteiger partial charge in [0.2, 0.25) is 0 Å². The summed E-state index contributed by atoms with van der Waals surface area (Å²) in [5.41, 5.74) is 2.52. The highest BCUT2D eigenvalue weighted by molar-refractivity contribution is 5.21. The van der Waals surface area contributed by atoms with Gasteiger partial charge in [0, 0.05) is 12.2 Å². The van der Waals surface area contributed by atoms with Gasteiger partial charge in [-0.15, -0.1) is 0 Å². The predicted octanol–water partition coefficient (Wildman–Crippen LogP) is 3.87. The molecule has 0 amide bonds. The fraction of sp³-hybridized carbons (Fsp3) is 0.667. The molecule has 17 heavy (non-hydrogen) atoms. The lowest BCUT2D eigenvalue weighted by atomic mass is 9.98. The van der Waals surface area contributed by atoms with Gasteiger partial charge in [-0.05, 0) is 50.3 Å². The molecule has 0 aliphatic heterocycles. The van der Waals surface area contributed by atoms with E-state index in [1.54, 1.807) is 0 Å². The molecule has 0 aromatic carbocycles. The summed E-state index contributed by atoms with van der Waals surface area (Å²) in [4.78, 5) is 4.55. The van der Waals surface area contributed by atoms with E-state index in [4.69, 9.17) is 0 Å². The number of aryl methyl sites for hydroxylation is 1. The van der Waals surface area contributed by atoms with Crippen LogP contribution in [0.3, 0.4) is 0 Å². The molecule has 0 radical (unpaired) electrons. The fourth-order valence-electron chi connectivity index (χ4n) is 2.02. The van der Waals surface area contributed by atoms with Gasteiger partial charge in [0.25, 0.3) is 0 Å². The van der Waals surface area contributed by atoms with Gasteiger partial charge >= 0.3 is 0 Å². The minimum absolute atomic E-state index is 0.415. The van der Waals surface area contributed by atoms with Crippen molar-refractivity contribution in [2.75, 3.05) is 6.54 Å². The van der Waals surface area contributed by atoms with Crippen LogP contribution in [0.15, 0.2) is 18.3 Å². The number of rotatable bonds is 7. The van der Waals surface area contributed by atoms with Crippen LogP contribution in [0.5, 0.6) is 0 Å². The molecule has 0 saturated carbocycles. The summed E-state index contributed by atoms with van der Waals surface area (Å²) in [6, 6.07) is 4.58. The third kappa shape index (κ3) is 4.86. The zero-order valence-electron chi connectivity index (χ0n) is 11.7. The van der Waals surface area contributed by atoms with E-state index < -0.39 is 0 Å². The molecule has 0 saturated heterocycles. The molecule has 1 N–H and O–H groups in total. The second-order valence-electron chi connectivity index (χ2n) is 5.18. The van der Waals surface area contributed by atoms with Gasteiger partial charge in [-0.3, -0.25) is 4.98 Å². The highest BCUT2D eigenvalue weighted by atomic mass is 14.9. The molecule has 0 spiro atoms. The Labute approximate surface area is 106 Å². The van der Waals surface area contributed by atoms with Gasteiger partial charge in [0.05, 0.1) is 5.69 Å². The van der Waals surface area contributed by atoms with Crippen molar-refractivity contribution in [3.8, 4) is 0 Å². The summed E-state index contributed by atoms with van der Waals surface area (Å²) in [6.07, 6.45) is 5.50. The summed E-state index contributed by atoms with van der Waals surface area (Å²) in [5.74, 6) is 0.755. The van der Waals surface area contributed by atoms with Crippen LogP contribution in [-0.2, 0) is 0 Å². The molecule has 0 fully saturated rings. The first-order valence-electron chi connectivity index (χ1n) is 6.80. The van der Waals surface area contributed by atoms with Crippen LogP contribution >= 0.6 is 0 Å². The van der Waals surface area contributed by atoms with Crippen LogP contribution in [0.25, 0.3) is 0 Å². The molecule has 2 heteroatoms. The molecule has 1 atom stereocenters. The first-order valence-corrected chi connectivity index (χ1v) is 6.80.